The lowest BCUT2D eigenvalue weighted by Crippen LogP contribution is -2.55. The van der Waals surface area contributed by atoms with Gasteiger partial charge in [0.15, 0.2) is 11.6 Å². The number of allylic oxidation sites excluding steroid dienone is 4. The molecule has 0 bridgehead atoms. The highest BCUT2D eigenvalue weighted by molar-refractivity contribution is 6.04. The van der Waals surface area contributed by atoms with Crippen LogP contribution in [0.2, 0.25) is 0 Å². The summed E-state index contributed by atoms with van der Waals surface area (Å²) in [6.07, 6.45) is 11.2. The summed E-state index contributed by atoms with van der Waals surface area (Å²) in [5.74, 6) is -0.0897. The Morgan fingerprint density at radius 3 is 2.11 bits per heavy atom. The maximum atomic E-state index is 13.2. The molecule has 4 atom stereocenters. The first kappa shape index (κ1) is 32.0. The number of fused-ring (bicyclic) bond motifs is 1. The zero-order valence-electron chi connectivity index (χ0n) is 26.1. The van der Waals surface area contributed by atoms with Crippen molar-refractivity contribution in [2.24, 2.45) is 38.4 Å². The minimum Gasteiger partial charge on any atom is -0.295 e. The van der Waals surface area contributed by atoms with Gasteiger partial charge in [0.2, 0.25) is 0 Å². The van der Waals surface area contributed by atoms with Crippen LogP contribution >= 0.6 is 0 Å². The molecule has 0 saturated heterocycles. The van der Waals surface area contributed by atoms with Gasteiger partial charge < -0.3 is 0 Å². The molecule has 0 unspecified atom stereocenters. The van der Waals surface area contributed by atoms with Crippen molar-refractivity contribution in [2.45, 2.75) is 128 Å². The number of ketones is 2. The lowest BCUT2D eigenvalue weighted by Gasteiger charge is -2.61. The molecule has 2 rings (SSSR count). The Morgan fingerprint density at radius 1 is 1.03 bits per heavy atom. The van der Waals surface area contributed by atoms with Crippen LogP contribution in [0.3, 0.4) is 0 Å². The zero-order chi connectivity index (χ0) is 29.4. The van der Waals surface area contributed by atoms with Crippen molar-refractivity contribution in [3.8, 4) is 12.1 Å². The standard InChI is InChI=1S/C34H52N2O2/c1-12-14-29(3,4)16-18-32(9,23-36)19-17-30(5,6)34(11)15-13-26-31(7,8)28(38)25(22-35)21-33(26,10)27(34)20-24(2)37/h20-21,26H,12-19H2,1-11H3/b27-20-/t26-,32-,33-,34+/m0/s1. The molecule has 2 aliphatic carbocycles. The largest absolute Gasteiger partial charge is 0.295 e. The van der Waals surface area contributed by atoms with Crippen LogP contribution in [-0.4, -0.2) is 11.6 Å². The average molecular weight is 521 g/mol. The SMILES string of the molecule is CCCC(C)(C)CC[C@](C)(C#N)CCC(C)(C)[C@]1(C)CC[C@H]2C(C)(C)C(=O)C(C#N)=C[C@]2(C)/C1=C/C(C)=O. The predicted molar refractivity (Wildman–Crippen MR) is 155 cm³/mol. The number of Topliss-reactive ketones (excluding diaryl/α,β-unsaturated/α-hetero) is 1. The summed E-state index contributed by atoms with van der Waals surface area (Å²) in [5.41, 5.74) is -0.707. The van der Waals surface area contributed by atoms with E-state index in [2.05, 4.69) is 67.5 Å². The first-order valence-electron chi connectivity index (χ1n) is 14.6. The van der Waals surface area contributed by atoms with E-state index < -0.39 is 16.2 Å². The van der Waals surface area contributed by atoms with E-state index in [-0.39, 0.29) is 39.3 Å². The second-order valence-corrected chi connectivity index (χ2v) is 15.1. The highest BCUT2D eigenvalue weighted by Gasteiger charge is 2.61. The minimum atomic E-state index is -0.680. The Bertz CT molecular complexity index is 1090. The van der Waals surface area contributed by atoms with Crippen LogP contribution in [0.25, 0.3) is 0 Å². The first-order chi connectivity index (χ1) is 17.2. The predicted octanol–water partition coefficient (Wildman–Crippen LogP) is 8.93. The van der Waals surface area contributed by atoms with Gasteiger partial charge in [-0.3, -0.25) is 9.59 Å². The van der Waals surface area contributed by atoms with Crippen LogP contribution in [0, 0.1) is 61.1 Å². The summed E-state index contributed by atoms with van der Waals surface area (Å²) >= 11 is 0. The highest BCUT2D eigenvalue weighted by atomic mass is 16.1. The van der Waals surface area contributed by atoms with E-state index in [1.54, 1.807) is 13.0 Å². The molecule has 0 N–H and O–H groups in total. The lowest BCUT2D eigenvalue weighted by molar-refractivity contribution is -0.131. The molecule has 0 aliphatic heterocycles. The first-order valence-corrected chi connectivity index (χ1v) is 14.6. The van der Waals surface area contributed by atoms with Gasteiger partial charge in [0.1, 0.15) is 6.07 Å². The van der Waals surface area contributed by atoms with Gasteiger partial charge in [-0.2, -0.15) is 10.5 Å². The summed E-state index contributed by atoms with van der Waals surface area (Å²) in [5, 5.41) is 20.1. The molecule has 0 aromatic carbocycles. The molecule has 0 aromatic rings. The number of nitriles is 2. The summed E-state index contributed by atoms with van der Waals surface area (Å²) < 4.78 is 0. The van der Waals surface area contributed by atoms with Crippen molar-refractivity contribution in [3.63, 3.8) is 0 Å². The molecule has 4 heteroatoms. The number of carbonyl (C=O) groups is 2. The van der Waals surface area contributed by atoms with Crippen LogP contribution in [0.15, 0.2) is 23.3 Å². The van der Waals surface area contributed by atoms with Crippen LogP contribution in [0.5, 0.6) is 0 Å². The molecule has 4 nitrogen and oxygen atoms in total. The molecule has 0 heterocycles. The minimum absolute atomic E-state index is 0.00877. The van der Waals surface area contributed by atoms with Gasteiger partial charge in [0, 0.05) is 10.8 Å². The van der Waals surface area contributed by atoms with E-state index in [1.165, 1.54) is 0 Å². The Kier molecular flexibility index (Phi) is 9.06. The molecular formula is C34H52N2O2. The van der Waals surface area contributed by atoms with Gasteiger partial charge >= 0.3 is 0 Å². The van der Waals surface area contributed by atoms with Crippen LogP contribution in [-0.2, 0) is 9.59 Å². The molecular weight excluding hydrogens is 468 g/mol. The van der Waals surface area contributed by atoms with E-state index in [0.717, 1.165) is 56.9 Å². The molecule has 0 aromatic heterocycles. The van der Waals surface area contributed by atoms with Crippen molar-refractivity contribution < 1.29 is 9.59 Å². The summed E-state index contributed by atoms with van der Waals surface area (Å²) in [7, 11) is 0. The fraction of sp³-hybridized carbons (Fsp3) is 0.765. The Morgan fingerprint density at radius 2 is 1.61 bits per heavy atom. The Balaban J connectivity index is 2.49. The Hall–Kier alpha value is -2.20. The molecule has 1 fully saturated rings. The number of rotatable bonds is 10. The third-order valence-corrected chi connectivity index (χ3v) is 10.8. The van der Waals surface area contributed by atoms with Crippen molar-refractivity contribution in [1.29, 1.82) is 10.5 Å². The molecule has 0 radical (unpaired) electrons. The van der Waals surface area contributed by atoms with E-state index in [1.807, 2.05) is 19.9 Å². The maximum Gasteiger partial charge on any atom is 0.178 e. The quantitative estimate of drug-likeness (QED) is 0.269. The van der Waals surface area contributed by atoms with Crippen molar-refractivity contribution >= 4 is 11.6 Å². The lowest BCUT2D eigenvalue weighted by atomic mass is 9.42. The van der Waals surface area contributed by atoms with Crippen LogP contribution in [0.1, 0.15) is 128 Å². The van der Waals surface area contributed by atoms with Gasteiger partial charge in [-0.25, -0.2) is 0 Å². The van der Waals surface area contributed by atoms with E-state index >= 15 is 0 Å². The number of hydrogen-bond donors (Lipinski definition) is 0. The highest BCUT2D eigenvalue weighted by Crippen LogP contribution is 2.67. The van der Waals surface area contributed by atoms with Crippen molar-refractivity contribution in [2.75, 3.05) is 0 Å². The average Bonchev–Trinajstić information content (AvgIpc) is 2.81. The number of hydrogen-bond acceptors (Lipinski definition) is 4. The third-order valence-electron chi connectivity index (χ3n) is 10.8. The maximum absolute atomic E-state index is 13.2. The second kappa shape index (κ2) is 10.8. The fourth-order valence-corrected chi connectivity index (χ4v) is 7.63. The topological polar surface area (TPSA) is 81.7 Å². The van der Waals surface area contributed by atoms with Gasteiger partial charge in [-0.1, -0.05) is 80.4 Å². The zero-order valence-corrected chi connectivity index (χ0v) is 26.1. The normalized spacial score (nSPS) is 30.0. The fourth-order valence-electron chi connectivity index (χ4n) is 7.63. The van der Waals surface area contributed by atoms with Crippen molar-refractivity contribution in [1.82, 2.24) is 0 Å². The molecule has 38 heavy (non-hydrogen) atoms. The van der Waals surface area contributed by atoms with Gasteiger partial charge in [0.05, 0.1) is 17.1 Å². The van der Waals surface area contributed by atoms with Gasteiger partial charge in [-0.15, -0.1) is 0 Å². The Labute approximate surface area is 232 Å². The van der Waals surface area contributed by atoms with Gasteiger partial charge in [0.25, 0.3) is 0 Å². The van der Waals surface area contributed by atoms with Crippen molar-refractivity contribution in [3.05, 3.63) is 23.3 Å². The molecule has 210 valence electrons. The monoisotopic (exact) mass is 520 g/mol. The van der Waals surface area contributed by atoms with Crippen LogP contribution < -0.4 is 0 Å². The smallest absolute Gasteiger partial charge is 0.178 e. The van der Waals surface area contributed by atoms with Crippen LogP contribution in [0.4, 0.5) is 0 Å². The molecule has 0 spiro atoms. The second-order valence-electron chi connectivity index (χ2n) is 15.1. The van der Waals surface area contributed by atoms with E-state index in [0.29, 0.717) is 0 Å². The summed E-state index contributed by atoms with van der Waals surface area (Å²) in [6.45, 7) is 23.4. The summed E-state index contributed by atoms with van der Waals surface area (Å²) in [4.78, 5) is 25.8. The number of carbonyl (C=O) groups excluding carboxylic acids is 2. The third kappa shape index (κ3) is 5.86. The molecule has 2 aliphatic rings. The molecule has 1 saturated carbocycles. The molecule has 0 amide bonds. The van der Waals surface area contributed by atoms with E-state index in [4.69, 9.17) is 0 Å². The summed E-state index contributed by atoms with van der Waals surface area (Å²) in [6, 6.07) is 4.81. The van der Waals surface area contributed by atoms with E-state index in [9.17, 15) is 20.1 Å². The van der Waals surface area contributed by atoms with Gasteiger partial charge in [-0.05, 0) is 87.0 Å². The number of nitrogens with zero attached hydrogens (tertiary/aromatic N) is 2.